The third kappa shape index (κ3) is 4.05. The monoisotopic (exact) mass is 418 g/mol. The first-order valence-electron chi connectivity index (χ1n) is 10.0. The SMILES string of the molecule is OC1(c2ccccn2)CCN(Cc2ccc(Oc3nc4ncccc4s3)cc2)CC1. The molecule has 4 aromatic rings. The van der Waals surface area contributed by atoms with Gasteiger partial charge in [-0.2, -0.15) is 4.98 Å². The van der Waals surface area contributed by atoms with Crippen molar-refractivity contribution in [3.8, 4) is 10.9 Å². The van der Waals surface area contributed by atoms with E-state index in [1.54, 1.807) is 12.4 Å². The number of ether oxygens (including phenoxy) is 1. The second kappa shape index (κ2) is 8.10. The Morgan fingerprint density at radius 2 is 1.77 bits per heavy atom. The molecule has 6 nitrogen and oxygen atoms in total. The molecule has 5 rings (SSSR count). The molecule has 1 fully saturated rings. The highest BCUT2D eigenvalue weighted by molar-refractivity contribution is 7.20. The van der Waals surface area contributed by atoms with Crippen molar-refractivity contribution >= 4 is 21.7 Å². The number of piperidine rings is 1. The molecule has 152 valence electrons. The second-order valence-corrected chi connectivity index (χ2v) is 8.57. The average molecular weight is 419 g/mol. The van der Waals surface area contributed by atoms with Crippen molar-refractivity contribution < 1.29 is 9.84 Å². The first-order valence-corrected chi connectivity index (χ1v) is 10.8. The number of rotatable bonds is 5. The minimum atomic E-state index is -0.818. The van der Waals surface area contributed by atoms with E-state index < -0.39 is 5.60 Å². The highest BCUT2D eigenvalue weighted by Gasteiger charge is 2.34. The fourth-order valence-corrected chi connectivity index (χ4v) is 4.58. The molecule has 3 aromatic heterocycles. The normalized spacial score (nSPS) is 16.6. The Morgan fingerprint density at radius 1 is 0.967 bits per heavy atom. The Morgan fingerprint density at radius 3 is 2.50 bits per heavy atom. The standard InChI is InChI=1S/C23H22N4O2S/c28-23(20-5-1-2-12-24-20)10-14-27(15-11-23)16-17-6-8-18(9-7-17)29-22-26-21-19(30-22)4-3-13-25-21/h1-9,12-13,28H,10-11,14-16H2. The maximum absolute atomic E-state index is 10.9. The van der Waals surface area contributed by atoms with Gasteiger partial charge in [-0.3, -0.25) is 9.88 Å². The summed E-state index contributed by atoms with van der Waals surface area (Å²) >= 11 is 1.49. The van der Waals surface area contributed by atoms with Gasteiger partial charge in [-0.1, -0.05) is 29.5 Å². The van der Waals surface area contributed by atoms with Gasteiger partial charge in [0.25, 0.3) is 5.19 Å². The summed E-state index contributed by atoms with van der Waals surface area (Å²) in [5.74, 6) is 0.765. The zero-order valence-corrected chi connectivity index (χ0v) is 17.3. The Hall–Kier alpha value is -2.87. The molecule has 1 aromatic carbocycles. The number of likely N-dealkylation sites (tertiary alicyclic amines) is 1. The van der Waals surface area contributed by atoms with E-state index in [0.29, 0.717) is 23.7 Å². The Bertz CT molecular complexity index is 1090. The van der Waals surface area contributed by atoms with Gasteiger partial charge >= 0.3 is 0 Å². The summed E-state index contributed by atoms with van der Waals surface area (Å²) in [6, 6.07) is 17.7. The van der Waals surface area contributed by atoms with Gasteiger partial charge in [0.05, 0.1) is 10.4 Å². The van der Waals surface area contributed by atoms with Crippen molar-refractivity contribution in [2.45, 2.75) is 25.0 Å². The van der Waals surface area contributed by atoms with Gasteiger partial charge in [0.1, 0.15) is 11.4 Å². The van der Waals surface area contributed by atoms with Crippen molar-refractivity contribution in [1.29, 1.82) is 0 Å². The number of pyridine rings is 2. The van der Waals surface area contributed by atoms with E-state index >= 15 is 0 Å². The van der Waals surface area contributed by atoms with Crippen LogP contribution in [-0.4, -0.2) is 38.0 Å². The average Bonchev–Trinajstić information content (AvgIpc) is 3.20. The first kappa shape index (κ1) is 19.1. The van der Waals surface area contributed by atoms with Crippen LogP contribution in [-0.2, 0) is 12.1 Å². The maximum Gasteiger partial charge on any atom is 0.281 e. The molecule has 0 unspecified atom stereocenters. The van der Waals surface area contributed by atoms with Gasteiger partial charge in [0, 0.05) is 32.0 Å². The van der Waals surface area contributed by atoms with Gasteiger partial charge in [-0.25, -0.2) is 4.98 Å². The maximum atomic E-state index is 10.9. The number of benzene rings is 1. The topological polar surface area (TPSA) is 71.4 Å². The van der Waals surface area contributed by atoms with Gasteiger partial charge in [0.15, 0.2) is 5.65 Å². The summed E-state index contributed by atoms with van der Waals surface area (Å²) in [6.07, 6.45) is 4.86. The van der Waals surface area contributed by atoms with Crippen LogP contribution < -0.4 is 4.74 Å². The van der Waals surface area contributed by atoms with Crippen LogP contribution in [0.3, 0.4) is 0 Å². The van der Waals surface area contributed by atoms with Crippen molar-refractivity contribution in [3.05, 3.63) is 78.2 Å². The summed E-state index contributed by atoms with van der Waals surface area (Å²) in [6.45, 7) is 2.53. The zero-order valence-electron chi connectivity index (χ0n) is 16.4. The Labute approximate surface area is 178 Å². The van der Waals surface area contributed by atoms with E-state index in [-0.39, 0.29) is 0 Å². The predicted molar refractivity (Wildman–Crippen MR) is 117 cm³/mol. The van der Waals surface area contributed by atoms with Crippen molar-refractivity contribution in [1.82, 2.24) is 19.9 Å². The molecule has 0 aliphatic carbocycles. The van der Waals surface area contributed by atoms with Crippen LogP contribution in [0.15, 0.2) is 67.0 Å². The number of fused-ring (bicyclic) bond motifs is 1. The summed E-state index contributed by atoms with van der Waals surface area (Å²) in [7, 11) is 0. The third-order valence-corrected chi connectivity index (χ3v) is 6.39. The number of aromatic nitrogens is 3. The van der Waals surface area contributed by atoms with Crippen LogP contribution in [0.5, 0.6) is 10.9 Å². The van der Waals surface area contributed by atoms with E-state index in [4.69, 9.17) is 4.74 Å². The molecule has 1 aliphatic heterocycles. The number of hydrogen-bond acceptors (Lipinski definition) is 7. The minimum absolute atomic E-state index is 0.598. The highest BCUT2D eigenvalue weighted by Crippen LogP contribution is 2.33. The molecule has 0 radical (unpaired) electrons. The van der Waals surface area contributed by atoms with E-state index in [1.165, 1.54) is 16.9 Å². The number of hydrogen-bond donors (Lipinski definition) is 1. The molecule has 4 heterocycles. The predicted octanol–water partition coefficient (Wildman–Crippen LogP) is 4.36. The van der Waals surface area contributed by atoms with Crippen LogP contribution in [0.25, 0.3) is 10.3 Å². The molecule has 0 saturated carbocycles. The Balaban J connectivity index is 1.18. The first-order chi connectivity index (χ1) is 14.7. The molecular weight excluding hydrogens is 396 g/mol. The van der Waals surface area contributed by atoms with Crippen LogP contribution in [0.1, 0.15) is 24.1 Å². The molecule has 1 N–H and O–H groups in total. The quantitative estimate of drug-likeness (QED) is 0.519. The highest BCUT2D eigenvalue weighted by atomic mass is 32.1. The molecule has 0 amide bonds. The molecule has 0 atom stereocenters. The molecule has 1 aliphatic rings. The van der Waals surface area contributed by atoms with E-state index in [0.717, 1.165) is 35.8 Å². The summed E-state index contributed by atoms with van der Waals surface area (Å²) < 4.78 is 6.91. The largest absolute Gasteiger partial charge is 0.431 e. The van der Waals surface area contributed by atoms with Crippen molar-refractivity contribution in [2.75, 3.05) is 13.1 Å². The van der Waals surface area contributed by atoms with E-state index in [2.05, 4.69) is 32.0 Å². The van der Waals surface area contributed by atoms with Gasteiger partial charge < -0.3 is 9.84 Å². The van der Waals surface area contributed by atoms with Crippen LogP contribution in [0.2, 0.25) is 0 Å². The summed E-state index contributed by atoms with van der Waals surface area (Å²) in [5.41, 5.74) is 1.89. The molecule has 0 spiro atoms. The molecule has 1 saturated heterocycles. The molecular formula is C23H22N4O2S. The molecule has 0 bridgehead atoms. The lowest BCUT2D eigenvalue weighted by Crippen LogP contribution is -2.42. The van der Waals surface area contributed by atoms with Gasteiger partial charge in [-0.05, 0) is 54.8 Å². The Kier molecular flexibility index (Phi) is 5.16. The smallest absolute Gasteiger partial charge is 0.281 e. The van der Waals surface area contributed by atoms with Crippen LogP contribution >= 0.6 is 11.3 Å². The fraction of sp³-hybridized carbons (Fsp3) is 0.261. The number of aliphatic hydroxyl groups is 1. The summed E-state index contributed by atoms with van der Waals surface area (Å²) in [4.78, 5) is 15.4. The lowest BCUT2D eigenvalue weighted by molar-refractivity contribution is -0.0311. The number of thiazole rings is 1. The number of nitrogens with zero attached hydrogens (tertiary/aromatic N) is 4. The van der Waals surface area contributed by atoms with Crippen LogP contribution in [0, 0.1) is 0 Å². The van der Waals surface area contributed by atoms with Gasteiger partial charge in [0.2, 0.25) is 0 Å². The minimum Gasteiger partial charge on any atom is -0.431 e. The zero-order chi connectivity index (χ0) is 20.4. The molecule has 7 heteroatoms. The van der Waals surface area contributed by atoms with E-state index in [1.807, 2.05) is 42.5 Å². The van der Waals surface area contributed by atoms with E-state index in [9.17, 15) is 5.11 Å². The van der Waals surface area contributed by atoms with Gasteiger partial charge in [-0.15, -0.1) is 0 Å². The fourth-order valence-electron chi connectivity index (χ4n) is 3.79. The third-order valence-electron chi connectivity index (χ3n) is 5.50. The van der Waals surface area contributed by atoms with Crippen molar-refractivity contribution in [2.24, 2.45) is 0 Å². The molecule has 30 heavy (non-hydrogen) atoms. The van der Waals surface area contributed by atoms with Crippen LogP contribution in [0.4, 0.5) is 0 Å². The second-order valence-electron chi connectivity index (χ2n) is 7.57. The lowest BCUT2D eigenvalue weighted by atomic mass is 9.87. The lowest BCUT2D eigenvalue weighted by Gasteiger charge is -2.37. The summed E-state index contributed by atoms with van der Waals surface area (Å²) in [5, 5.41) is 11.5. The van der Waals surface area contributed by atoms with Crippen molar-refractivity contribution in [3.63, 3.8) is 0 Å².